The fraction of sp³-hybridized carbons (Fsp3) is 0.238. The lowest BCUT2D eigenvalue weighted by molar-refractivity contribution is -0.140. The molecule has 0 fully saturated rings. The molecule has 0 atom stereocenters. The second kappa shape index (κ2) is 9.20. The second-order valence-corrected chi connectivity index (χ2v) is 9.47. The Morgan fingerprint density at radius 1 is 1.07 bits per heavy atom. The molecule has 0 saturated heterocycles. The molecular weight excluding hydrogens is 449 g/mol. The molecule has 0 N–H and O–H groups in total. The van der Waals surface area contributed by atoms with Crippen molar-refractivity contribution in [3.8, 4) is 22.6 Å². The molecule has 1 heterocycles. The number of halogens is 2. The lowest BCUT2D eigenvalue weighted by Gasteiger charge is -2.04. The van der Waals surface area contributed by atoms with Gasteiger partial charge in [0.2, 0.25) is 0 Å². The molecule has 2 aromatic carbocycles. The maximum Gasteiger partial charge on any atom is 0.305 e. The van der Waals surface area contributed by atoms with Gasteiger partial charge >= 0.3 is 5.97 Å². The minimum atomic E-state index is -3.31. The van der Waals surface area contributed by atoms with Crippen LogP contribution in [0.1, 0.15) is 18.7 Å². The van der Waals surface area contributed by atoms with Crippen LogP contribution in [0.3, 0.4) is 0 Å². The molecule has 0 aliphatic rings. The van der Waals surface area contributed by atoms with E-state index in [4.69, 9.17) is 27.6 Å². The Kier molecular flexibility index (Phi) is 6.85. The van der Waals surface area contributed by atoms with Gasteiger partial charge in [-0.05, 0) is 36.8 Å². The highest BCUT2D eigenvalue weighted by Crippen LogP contribution is 2.36. The number of hydrogen-bond acceptors (Lipinski definition) is 6. The van der Waals surface area contributed by atoms with E-state index in [1.54, 1.807) is 30.3 Å². The van der Waals surface area contributed by atoms with Crippen LogP contribution in [0.15, 0.2) is 51.8 Å². The highest BCUT2D eigenvalue weighted by atomic mass is 35.5. The van der Waals surface area contributed by atoms with Crippen LogP contribution < -0.4 is 0 Å². The number of nitrogens with zero attached hydrogens (tertiary/aromatic N) is 1. The summed E-state index contributed by atoms with van der Waals surface area (Å²) in [5, 5.41) is 0.786. The number of benzene rings is 2. The van der Waals surface area contributed by atoms with Crippen molar-refractivity contribution >= 4 is 39.0 Å². The van der Waals surface area contributed by atoms with Gasteiger partial charge in [-0.2, -0.15) is 0 Å². The predicted molar refractivity (Wildman–Crippen MR) is 115 cm³/mol. The van der Waals surface area contributed by atoms with Gasteiger partial charge in [0.25, 0.3) is 0 Å². The topological polar surface area (TPSA) is 86.5 Å². The zero-order chi connectivity index (χ0) is 21.9. The van der Waals surface area contributed by atoms with Crippen LogP contribution in [0.4, 0.5) is 0 Å². The van der Waals surface area contributed by atoms with E-state index >= 15 is 0 Å². The average Bonchev–Trinajstić information content (AvgIpc) is 3.13. The molecule has 0 aliphatic carbocycles. The van der Waals surface area contributed by atoms with Gasteiger partial charge in [0.1, 0.15) is 5.69 Å². The van der Waals surface area contributed by atoms with Gasteiger partial charge in [-0.15, -0.1) is 0 Å². The number of ether oxygens (including phenoxy) is 1. The lowest BCUT2D eigenvalue weighted by atomic mass is 10.1. The summed E-state index contributed by atoms with van der Waals surface area (Å²) in [4.78, 5) is 16.1. The molecule has 0 bridgehead atoms. The van der Waals surface area contributed by atoms with E-state index in [2.05, 4.69) is 9.72 Å². The van der Waals surface area contributed by atoms with E-state index in [9.17, 15) is 13.2 Å². The highest BCUT2D eigenvalue weighted by Gasteiger charge is 2.19. The molecule has 3 aromatic rings. The van der Waals surface area contributed by atoms with Crippen LogP contribution in [-0.4, -0.2) is 32.7 Å². The summed E-state index contributed by atoms with van der Waals surface area (Å²) in [5.41, 5.74) is 1.91. The number of methoxy groups -OCH3 is 1. The fourth-order valence-electron chi connectivity index (χ4n) is 2.85. The summed E-state index contributed by atoms with van der Waals surface area (Å²) in [6, 6.07) is 11.5. The van der Waals surface area contributed by atoms with Crippen molar-refractivity contribution in [3.63, 3.8) is 0 Å². The van der Waals surface area contributed by atoms with Crippen molar-refractivity contribution in [1.29, 1.82) is 0 Å². The first-order valence-electron chi connectivity index (χ1n) is 9.01. The minimum Gasteiger partial charge on any atom is -0.469 e. The zero-order valence-electron chi connectivity index (χ0n) is 16.3. The third-order valence-corrected chi connectivity index (χ3v) is 6.28. The van der Waals surface area contributed by atoms with Gasteiger partial charge in [0.05, 0.1) is 22.1 Å². The Hall–Kier alpha value is -2.35. The van der Waals surface area contributed by atoms with E-state index < -0.39 is 9.84 Å². The zero-order valence-corrected chi connectivity index (χ0v) is 18.6. The molecule has 0 radical (unpaired) electrons. The van der Waals surface area contributed by atoms with Gasteiger partial charge in [0.15, 0.2) is 21.5 Å². The van der Waals surface area contributed by atoms with E-state index in [1.165, 1.54) is 19.2 Å². The van der Waals surface area contributed by atoms with Crippen molar-refractivity contribution in [3.05, 3.63) is 58.4 Å². The van der Waals surface area contributed by atoms with E-state index in [-0.39, 0.29) is 17.3 Å². The van der Waals surface area contributed by atoms with Crippen LogP contribution in [0, 0.1) is 0 Å². The van der Waals surface area contributed by atoms with Crippen LogP contribution in [-0.2, 0) is 25.8 Å². The average molecular weight is 468 g/mol. The highest BCUT2D eigenvalue weighted by molar-refractivity contribution is 7.90. The van der Waals surface area contributed by atoms with Gasteiger partial charge in [-0.3, -0.25) is 4.79 Å². The first kappa shape index (κ1) is 22.3. The SMILES string of the molecule is COC(=O)CCCc1nc(-c2ccc(S(C)(=O)=O)cc2)c(-c2ccc(Cl)c(Cl)c2)o1. The van der Waals surface area contributed by atoms with E-state index in [0.29, 0.717) is 51.4 Å². The predicted octanol–water partition coefficient (Wildman–Crippen LogP) is 5.21. The largest absolute Gasteiger partial charge is 0.469 e. The van der Waals surface area contributed by atoms with Crippen LogP contribution >= 0.6 is 23.2 Å². The quantitative estimate of drug-likeness (QED) is 0.443. The molecule has 30 heavy (non-hydrogen) atoms. The summed E-state index contributed by atoms with van der Waals surface area (Å²) >= 11 is 12.2. The number of hydrogen-bond donors (Lipinski definition) is 0. The summed E-state index contributed by atoms with van der Waals surface area (Å²) in [7, 11) is -1.97. The van der Waals surface area contributed by atoms with Crippen molar-refractivity contribution < 1.29 is 22.4 Å². The Balaban J connectivity index is 2.00. The molecule has 0 aliphatic heterocycles. The summed E-state index contributed by atoms with van der Waals surface area (Å²) in [6.45, 7) is 0. The first-order valence-corrected chi connectivity index (χ1v) is 11.7. The summed E-state index contributed by atoms with van der Waals surface area (Å²) < 4.78 is 34.1. The molecule has 6 nitrogen and oxygen atoms in total. The molecular formula is C21H19Cl2NO5S. The van der Waals surface area contributed by atoms with Gasteiger partial charge in [0, 0.05) is 30.2 Å². The third-order valence-electron chi connectivity index (χ3n) is 4.41. The van der Waals surface area contributed by atoms with Crippen molar-refractivity contribution in [1.82, 2.24) is 4.98 Å². The fourth-order valence-corrected chi connectivity index (χ4v) is 3.77. The Morgan fingerprint density at radius 2 is 1.73 bits per heavy atom. The molecule has 3 rings (SSSR count). The standard InChI is InChI=1S/C21H19Cl2NO5S/c1-28-19(25)5-3-4-18-24-20(13-6-9-15(10-7-13)30(2,26)27)21(29-18)14-8-11-16(22)17(23)12-14/h6-12H,3-5H2,1-2H3. The molecule has 0 spiro atoms. The normalized spacial score (nSPS) is 11.5. The molecule has 0 amide bonds. The number of aryl methyl sites for hydroxylation is 1. The Labute approximate surface area is 184 Å². The second-order valence-electron chi connectivity index (χ2n) is 6.64. The number of rotatable bonds is 7. The molecule has 9 heteroatoms. The monoisotopic (exact) mass is 467 g/mol. The molecule has 0 saturated carbocycles. The summed E-state index contributed by atoms with van der Waals surface area (Å²) in [5.74, 6) is 0.624. The van der Waals surface area contributed by atoms with Crippen LogP contribution in [0.25, 0.3) is 22.6 Å². The number of aromatic nitrogens is 1. The Bertz CT molecular complexity index is 1170. The minimum absolute atomic E-state index is 0.212. The van der Waals surface area contributed by atoms with Gasteiger partial charge in [-0.1, -0.05) is 35.3 Å². The number of carbonyl (C=O) groups is 1. The Morgan fingerprint density at radius 3 is 2.33 bits per heavy atom. The number of carbonyl (C=O) groups excluding carboxylic acids is 1. The number of oxazole rings is 1. The third kappa shape index (κ3) is 5.22. The number of sulfone groups is 1. The first-order chi connectivity index (χ1) is 14.2. The smallest absolute Gasteiger partial charge is 0.305 e. The van der Waals surface area contributed by atoms with Crippen molar-refractivity contribution in [2.24, 2.45) is 0 Å². The van der Waals surface area contributed by atoms with Crippen molar-refractivity contribution in [2.75, 3.05) is 13.4 Å². The molecule has 0 unspecified atom stereocenters. The van der Waals surface area contributed by atoms with Gasteiger partial charge in [-0.25, -0.2) is 13.4 Å². The van der Waals surface area contributed by atoms with Gasteiger partial charge < -0.3 is 9.15 Å². The maximum atomic E-state index is 11.7. The number of esters is 1. The molecule has 1 aromatic heterocycles. The summed E-state index contributed by atoms with van der Waals surface area (Å²) in [6.07, 6.45) is 2.35. The van der Waals surface area contributed by atoms with Crippen molar-refractivity contribution in [2.45, 2.75) is 24.2 Å². The molecule has 158 valence electrons. The van der Waals surface area contributed by atoms with Crippen LogP contribution in [0.2, 0.25) is 10.0 Å². The van der Waals surface area contributed by atoms with E-state index in [1.807, 2.05) is 0 Å². The van der Waals surface area contributed by atoms with Crippen LogP contribution in [0.5, 0.6) is 0 Å². The maximum absolute atomic E-state index is 11.7. The lowest BCUT2D eigenvalue weighted by Crippen LogP contribution is -2.00. The van der Waals surface area contributed by atoms with E-state index in [0.717, 1.165) is 6.26 Å².